The topological polar surface area (TPSA) is 84.9 Å². The van der Waals surface area contributed by atoms with E-state index in [0.717, 1.165) is 49.0 Å². The average molecular weight is 494 g/mol. The lowest BCUT2D eigenvalue weighted by Crippen LogP contribution is -2.50. The van der Waals surface area contributed by atoms with Gasteiger partial charge < -0.3 is 19.9 Å². The molecule has 0 bridgehead atoms. The van der Waals surface area contributed by atoms with E-state index >= 15 is 0 Å². The maximum Gasteiger partial charge on any atom is 0.326 e. The Morgan fingerprint density at radius 3 is 2.58 bits per heavy atom. The lowest BCUT2D eigenvalue weighted by atomic mass is 9.72. The summed E-state index contributed by atoms with van der Waals surface area (Å²) >= 11 is 0. The number of carbonyl (C=O) groups is 2. The van der Waals surface area contributed by atoms with Crippen LogP contribution in [0.15, 0.2) is 48.5 Å². The quantitative estimate of drug-likeness (QED) is 0.451. The second kappa shape index (κ2) is 11.0. The van der Waals surface area contributed by atoms with Crippen LogP contribution in [0.4, 0.5) is 0 Å². The Kier molecular flexibility index (Phi) is 8.04. The molecule has 6 heteroatoms. The van der Waals surface area contributed by atoms with E-state index in [0.29, 0.717) is 11.5 Å². The largest absolute Gasteiger partial charge is 0.487 e. The molecular weight excluding hydrogens is 454 g/mol. The number of carboxylic acid groups (broad SMARTS) is 1. The van der Waals surface area contributed by atoms with Gasteiger partial charge in [-0.25, -0.2) is 4.79 Å². The van der Waals surface area contributed by atoms with Crippen LogP contribution in [0.3, 0.4) is 0 Å². The van der Waals surface area contributed by atoms with E-state index in [9.17, 15) is 14.7 Å². The zero-order valence-corrected chi connectivity index (χ0v) is 21.8. The lowest BCUT2D eigenvalue weighted by Gasteiger charge is -2.50. The van der Waals surface area contributed by atoms with Crippen molar-refractivity contribution in [3.8, 4) is 5.75 Å². The minimum absolute atomic E-state index is 0.136. The summed E-state index contributed by atoms with van der Waals surface area (Å²) in [6, 6.07) is 13.7. The number of hydrogen-bond donors (Lipinski definition) is 2. The number of aliphatic carboxylic acids is 1. The molecule has 6 nitrogen and oxygen atoms in total. The van der Waals surface area contributed by atoms with E-state index < -0.39 is 17.9 Å². The number of carboxylic acids is 1. The van der Waals surface area contributed by atoms with Crippen LogP contribution in [-0.2, 0) is 16.0 Å². The maximum absolute atomic E-state index is 13.1. The van der Waals surface area contributed by atoms with E-state index in [4.69, 9.17) is 9.47 Å². The van der Waals surface area contributed by atoms with Crippen molar-refractivity contribution in [2.75, 3.05) is 0 Å². The molecule has 0 saturated carbocycles. The van der Waals surface area contributed by atoms with Crippen molar-refractivity contribution in [3.05, 3.63) is 65.2 Å². The Morgan fingerprint density at radius 1 is 1.14 bits per heavy atom. The van der Waals surface area contributed by atoms with Crippen LogP contribution in [0.25, 0.3) is 0 Å². The third-order valence-corrected chi connectivity index (χ3v) is 7.68. The highest BCUT2D eigenvalue weighted by Crippen LogP contribution is 2.52. The third kappa shape index (κ3) is 5.92. The number of amides is 1. The van der Waals surface area contributed by atoms with Gasteiger partial charge in [-0.2, -0.15) is 0 Å². The smallest absolute Gasteiger partial charge is 0.326 e. The summed E-state index contributed by atoms with van der Waals surface area (Å²) in [4.78, 5) is 25.0. The Morgan fingerprint density at radius 2 is 1.89 bits per heavy atom. The second-order valence-electron chi connectivity index (χ2n) is 11.1. The molecule has 2 heterocycles. The molecule has 36 heavy (non-hydrogen) atoms. The predicted octanol–water partition coefficient (Wildman–Crippen LogP) is 5.95. The number of benzene rings is 2. The minimum Gasteiger partial charge on any atom is -0.487 e. The molecule has 0 unspecified atom stereocenters. The lowest BCUT2D eigenvalue weighted by molar-refractivity contribution is -0.152. The Hall–Kier alpha value is -2.86. The standard InChI is InChI=1S/C30H39NO5/c1-19(2)9-8-16-30(4)24-14-12-20(3)35-27(24)23-18-22(13-15-26(23)36-30)28(32)31-25(29(33)34)17-21-10-6-5-7-11-21/h5-7,10-11,13,15,18-20,24-25,27H,8-9,12,14,16-17H2,1-4H3,(H,31,32)(H,33,34)/t20-,24-,25+,27+,30+/m1/s1. The van der Waals surface area contributed by atoms with Crippen molar-refractivity contribution in [3.63, 3.8) is 0 Å². The third-order valence-electron chi connectivity index (χ3n) is 7.68. The summed E-state index contributed by atoms with van der Waals surface area (Å²) in [5.41, 5.74) is 1.84. The molecule has 1 saturated heterocycles. The minimum atomic E-state index is -1.06. The fraction of sp³-hybridized carbons (Fsp3) is 0.533. The fourth-order valence-electron chi connectivity index (χ4n) is 5.62. The van der Waals surface area contributed by atoms with E-state index in [1.165, 1.54) is 0 Å². The van der Waals surface area contributed by atoms with Gasteiger partial charge in [-0.1, -0.05) is 50.6 Å². The highest BCUT2D eigenvalue weighted by atomic mass is 16.5. The summed E-state index contributed by atoms with van der Waals surface area (Å²) in [5, 5.41) is 12.4. The van der Waals surface area contributed by atoms with Gasteiger partial charge in [-0.15, -0.1) is 0 Å². The number of fused-ring (bicyclic) bond motifs is 3. The molecule has 2 aliphatic heterocycles. The molecule has 0 aliphatic carbocycles. The van der Waals surface area contributed by atoms with Crippen LogP contribution in [0.2, 0.25) is 0 Å². The second-order valence-corrected chi connectivity index (χ2v) is 11.1. The van der Waals surface area contributed by atoms with Gasteiger partial charge in [0.05, 0.1) is 12.2 Å². The van der Waals surface area contributed by atoms with E-state index in [1.807, 2.05) is 42.5 Å². The average Bonchev–Trinajstić information content (AvgIpc) is 2.83. The Balaban J connectivity index is 1.56. The Bertz CT molecular complexity index is 1070. The highest BCUT2D eigenvalue weighted by Gasteiger charge is 2.49. The van der Waals surface area contributed by atoms with Gasteiger partial charge in [0.25, 0.3) is 5.91 Å². The van der Waals surface area contributed by atoms with E-state index in [1.54, 1.807) is 6.07 Å². The number of ether oxygens (including phenoxy) is 2. The van der Waals surface area contributed by atoms with Crippen molar-refractivity contribution in [2.45, 2.75) is 90.1 Å². The molecule has 2 N–H and O–H groups in total. The van der Waals surface area contributed by atoms with Crippen molar-refractivity contribution >= 4 is 11.9 Å². The van der Waals surface area contributed by atoms with Crippen LogP contribution in [-0.4, -0.2) is 34.7 Å². The first-order valence-electron chi connectivity index (χ1n) is 13.2. The highest BCUT2D eigenvalue weighted by molar-refractivity contribution is 5.97. The molecule has 194 valence electrons. The van der Waals surface area contributed by atoms with Gasteiger partial charge in [0.2, 0.25) is 0 Å². The maximum atomic E-state index is 13.1. The first-order valence-corrected chi connectivity index (χ1v) is 13.2. The molecule has 1 amide bonds. The normalized spacial score (nSPS) is 25.9. The number of hydrogen-bond acceptors (Lipinski definition) is 4. The van der Waals surface area contributed by atoms with Gasteiger partial charge in [-0.05, 0) is 69.2 Å². The number of nitrogens with one attached hydrogen (secondary N) is 1. The van der Waals surface area contributed by atoms with Crippen molar-refractivity contribution in [1.82, 2.24) is 5.32 Å². The molecule has 0 spiro atoms. The van der Waals surface area contributed by atoms with Gasteiger partial charge in [-0.3, -0.25) is 4.79 Å². The van der Waals surface area contributed by atoms with Crippen molar-refractivity contribution < 1.29 is 24.2 Å². The summed E-state index contributed by atoms with van der Waals surface area (Å²) in [5.74, 6) is 0.145. The van der Waals surface area contributed by atoms with E-state index in [-0.39, 0.29) is 30.1 Å². The SMILES string of the molecule is CC(C)CCC[C@]1(C)Oc2ccc(C(=O)N[C@@H](Cc3ccccc3)C(=O)O)cc2[C@@H]2O[C@H](C)CC[C@H]21. The van der Waals surface area contributed by atoms with Crippen LogP contribution < -0.4 is 10.1 Å². The monoisotopic (exact) mass is 493 g/mol. The first-order chi connectivity index (χ1) is 17.2. The zero-order chi connectivity index (χ0) is 25.9. The summed E-state index contributed by atoms with van der Waals surface area (Å²) in [7, 11) is 0. The predicted molar refractivity (Wildman–Crippen MR) is 139 cm³/mol. The zero-order valence-electron chi connectivity index (χ0n) is 21.8. The molecule has 4 rings (SSSR count). The molecular formula is C30H39NO5. The molecule has 0 aromatic heterocycles. The van der Waals surface area contributed by atoms with Crippen molar-refractivity contribution in [2.24, 2.45) is 11.8 Å². The van der Waals surface area contributed by atoms with Crippen LogP contribution in [0, 0.1) is 11.8 Å². The van der Waals surface area contributed by atoms with Crippen LogP contribution >= 0.6 is 0 Å². The van der Waals surface area contributed by atoms with E-state index in [2.05, 4.69) is 33.0 Å². The molecule has 2 aliphatic rings. The van der Waals surface area contributed by atoms with Crippen LogP contribution in [0.5, 0.6) is 5.75 Å². The summed E-state index contributed by atoms with van der Waals surface area (Å²) in [6.45, 7) is 8.79. The summed E-state index contributed by atoms with van der Waals surface area (Å²) < 4.78 is 13.1. The molecule has 2 aromatic carbocycles. The first kappa shape index (κ1) is 26.2. The molecule has 5 atom stereocenters. The number of carbonyl (C=O) groups excluding carboxylic acids is 1. The van der Waals surface area contributed by atoms with Crippen molar-refractivity contribution in [1.29, 1.82) is 0 Å². The molecule has 1 fully saturated rings. The van der Waals surface area contributed by atoms with Gasteiger partial charge in [0.15, 0.2) is 0 Å². The molecule has 2 aromatic rings. The summed E-state index contributed by atoms with van der Waals surface area (Å²) in [6.07, 6.45) is 5.43. The van der Waals surface area contributed by atoms with Gasteiger partial charge in [0.1, 0.15) is 17.4 Å². The van der Waals surface area contributed by atoms with Crippen LogP contribution in [0.1, 0.15) is 87.4 Å². The molecule has 0 radical (unpaired) electrons. The van der Waals surface area contributed by atoms with Gasteiger partial charge >= 0.3 is 5.97 Å². The Labute approximate surface area is 214 Å². The van der Waals surface area contributed by atoms with Gasteiger partial charge in [0, 0.05) is 23.5 Å². The fourth-order valence-corrected chi connectivity index (χ4v) is 5.62. The number of rotatable bonds is 9.